The zero-order valence-corrected chi connectivity index (χ0v) is 32.4. The first kappa shape index (κ1) is 38.9. The van der Waals surface area contributed by atoms with Crippen molar-refractivity contribution >= 4 is 39.7 Å². The standard InChI is InChI=1S/C34H53N8O5PSi/c1-23(2)42(24(3)4)48(44-20-14-18-35)46-29-28(47-49(9,10)34(5,6)7)26(17-19-36-8)45-33(29)41-22-39-27-30(37-21-38-31(27)41)40-32(43)25-15-12-11-13-16-25/h11-13,15-16,21-24,26,28-29,33,36H,14,17,19-20H2,1-10H3,(H,37,38,40,43)/t26-,28?,29+,33-,48?/m1/s1. The smallest absolute Gasteiger partial charge is 0.259 e. The summed E-state index contributed by atoms with van der Waals surface area (Å²) in [4.78, 5) is 26.7. The molecule has 0 aliphatic carbocycles. The van der Waals surface area contributed by atoms with Crippen molar-refractivity contribution in [3.8, 4) is 6.07 Å². The maximum atomic E-state index is 13.1. The minimum atomic E-state index is -2.34. The van der Waals surface area contributed by atoms with E-state index in [4.69, 9.17) is 18.2 Å². The van der Waals surface area contributed by atoms with Gasteiger partial charge in [-0.15, -0.1) is 0 Å². The molecular formula is C34H53N8O5PSi. The molecular weight excluding hydrogens is 659 g/mol. The molecule has 5 atom stereocenters. The number of anilines is 1. The second-order valence-electron chi connectivity index (χ2n) is 14.3. The second kappa shape index (κ2) is 16.9. The Hall–Kier alpha value is -2.86. The van der Waals surface area contributed by atoms with E-state index in [-0.39, 0.29) is 42.2 Å². The highest BCUT2D eigenvalue weighted by atomic mass is 31.2. The minimum absolute atomic E-state index is 0.0695. The van der Waals surface area contributed by atoms with Crippen LogP contribution in [0.4, 0.5) is 5.82 Å². The van der Waals surface area contributed by atoms with Crippen molar-refractivity contribution in [2.45, 2.75) is 116 Å². The van der Waals surface area contributed by atoms with Crippen molar-refractivity contribution in [2.75, 3.05) is 25.5 Å². The van der Waals surface area contributed by atoms with Crippen LogP contribution in [0.5, 0.6) is 0 Å². The van der Waals surface area contributed by atoms with Gasteiger partial charge in [0.05, 0.1) is 31.5 Å². The second-order valence-corrected chi connectivity index (χ2v) is 20.4. The van der Waals surface area contributed by atoms with Gasteiger partial charge in [-0.1, -0.05) is 39.0 Å². The normalized spacial score (nSPS) is 20.7. The number of aromatic nitrogens is 4. The van der Waals surface area contributed by atoms with Crippen LogP contribution < -0.4 is 10.6 Å². The van der Waals surface area contributed by atoms with Gasteiger partial charge in [0.2, 0.25) is 0 Å². The number of nitrogens with one attached hydrogen (secondary N) is 2. The molecule has 1 amide bonds. The predicted molar refractivity (Wildman–Crippen MR) is 194 cm³/mol. The number of ether oxygens (including phenoxy) is 1. The first-order valence-electron chi connectivity index (χ1n) is 17.0. The molecule has 0 bridgehead atoms. The number of hydrogen-bond donors (Lipinski definition) is 2. The quantitative estimate of drug-likeness (QED) is 0.0936. The molecule has 2 N–H and O–H groups in total. The minimum Gasteiger partial charge on any atom is -0.408 e. The van der Waals surface area contributed by atoms with Gasteiger partial charge >= 0.3 is 0 Å². The van der Waals surface area contributed by atoms with Crippen molar-refractivity contribution in [3.63, 3.8) is 0 Å². The number of hydrogen-bond acceptors (Lipinski definition) is 11. The third-order valence-corrected chi connectivity index (χ3v) is 15.6. The first-order chi connectivity index (χ1) is 23.2. The fraction of sp³-hybridized carbons (Fsp3) is 0.618. The van der Waals surface area contributed by atoms with Crippen molar-refractivity contribution in [1.29, 1.82) is 5.26 Å². The zero-order valence-electron chi connectivity index (χ0n) is 30.5. The van der Waals surface area contributed by atoms with Crippen LogP contribution in [0, 0.1) is 11.3 Å². The Kier molecular flexibility index (Phi) is 13.4. The lowest BCUT2D eigenvalue weighted by Crippen LogP contribution is -2.50. The number of fused-ring (bicyclic) bond motifs is 1. The molecule has 1 fully saturated rings. The number of imidazole rings is 1. The number of nitriles is 1. The summed E-state index contributed by atoms with van der Waals surface area (Å²) in [6.45, 7) is 20.5. The van der Waals surface area contributed by atoms with Gasteiger partial charge in [-0.05, 0) is 78.0 Å². The van der Waals surface area contributed by atoms with E-state index in [9.17, 15) is 10.1 Å². The summed E-state index contributed by atoms with van der Waals surface area (Å²) in [6, 6.07) is 11.3. The summed E-state index contributed by atoms with van der Waals surface area (Å²) in [6.07, 6.45) is 1.90. The average molecular weight is 713 g/mol. The van der Waals surface area contributed by atoms with Crippen molar-refractivity contribution < 1.29 is 23.0 Å². The van der Waals surface area contributed by atoms with Crippen LogP contribution in [0.2, 0.25) is 18.1 Å². The highest BCUT2D eigenvalue weighted by Crippen LogP contribution is 2.52. The van der Waals surface area contributed by atoms with E-state index in [1.807, 2.05) is 29.8 Å². The lowest BCUT2D eigenvalue weighted by Gasteiger charge is -2.42. The Labute approximate surface area is 293 Å². The summed E-state index contributed by atoms with van der Waals surface area (Å²) >= 11 is 0. The van der Waals surface area contributed by atoms with Gasteiger partial charge in [-0.2, -0.15) is 5.26 Å². The van der Waals surface area contributed by atoms with Gasteiger partial charge in [0.1, 0.15) is 18.5 Å². The monoisotopic (exact) mass is 712 g/mol. The molecule has 0 spiro atoms. The molecule has 49 heavy (non-hydrogen) atoms. The highest BCUT2D eigenvalue weighted by molar-refractivity contribution is 7.44. The topological polar surface area (TPSA) is 149 Å². The molecule has 15 heteroatoms. The Balaban J connectivity index is 1.81. The SMILES string of the molecule is CNCC[C@H]1O[C@@H](n2cnc3c(NC(=O)c4ccccc4)ncnc32)[C@@H](OP(OCCC#N)N(C(C)C)C(C)C)C1O[Si](C)(C)C(C)(C)C. The molecule has 1 aliphatic rings. The van der Waals surface area contributed by atoms with Crippen LogP contribution in [0.3, 0.4) is 0 Å². The zero-order chi connectivity index (χ0) is 35.9. The van der Waals surface area contributed by atoms with Crippen LogP contribution in [0.1, 0.15) is 77.9 Å². The molecule has 268 valence electrons. The molecule has 1 saturated heterocycles. The van der Waals surface area contributed by atoms with E-state index in [1.54, 1.807) is 18.5 Å². The number of carbonyl (C=O) groups is 1. The van der Waals surface area contributed by atoms with Crippen LogP contribution in [-0.4, -0.2) is 89.0 Å². The van der Waals surface area contributed by atoms with Crippen LogP contribution in [0.25, 0.3) is 11.2 Å². The fourth-order valence-electron chi connectivity index (χ4n) is 5.52. The molecule has 1 aromatic carbocycles. The maximum Gasteiger partial charge on any atom is 0.259 e. The molecule has 3 heterocycles. The number of nitrogens with zero attached hydrogens (tertiary/aromatic N) is 6. The molecule has 3 aromatic rings. The van der Waals surface area contributed by atoms with Gasteiger partial charge in [-0.25, -0.2) is 19.6 Å². The van der Waals surface area contributed by atoms with E-state index in [1.165, 1.54) is 6.33 Å². The first-order valence-corrected chi connectivity index (χ1v) is 21.0. The third-order valence-electron chi connectivity index (χ3n) is 8.98. The van der Waals surface area contributed by atoms with Crippen molar-refractivity contribution in [3.05, 3.63) is 48.5 Å². The van der Waals surface area contributed by atoms with Gasteiger partial charge in [0.25, 0.3) is 14.4 Å². The lowest BCUT2D eigenvalue weighted by molar-refractivity contribution is -0.0338. The van der Waals surface area contributed by atoms with Gasteiger partial charge in [-0.3, -0.25) is 9.36 Å². The third kappa shape index (κ3) is 9.28. The Morgan fingerprint density at radius 2 is 1.82 bits per heavy atom. The molecule has 2 aromatic heterocycles. The van der Waals surface area contributed by atoms with Crippen LogP contribution in [-0.2, 0) is 18.2 Å². The predicted octanol–water partition coefficient (Wildman–Crippen LogP) is 6.64. The number of carbonyl (C=O) groups excluding carboxylic acids is 1. The molecule has 2 unspecified atom stereocenters. The fourth-order valence-corrected chi connectivity index (χ4v) is 8.58. The average Bonchev–Trinajstić information content (AvgIpc) is 3.61. The Bertz CT molecular complexity index is 1550. The Morgan fingerprint density at radius 3 is 2.43 bits per heavy atom. The summed E-state index contributed by atoms with van der Waals surface area (Å²) < 4.78 is 31.7. The summed E-state index contributed by atoms with van der Waals surface area (Å²) in [5.74, 6) is -0.00665. The van der Waals surface area contributed by atoms with E-state index in [2.05, 4.69) is 97.9 Å². The molecule has 4 rings (SSSR count). The Morgan fingerprint density at radius 1 is 1.12 bits per heavy atom. The van der Waals surface area contributed by atoms with Crippen LogP contribution >= 0.6 is 8.53 Å². The van der Waals surface area contributed by atoms with Crippen molar-refractivity contribution in [1.82, 2.24) is 29.5 Å². The van der Waals surface area contributed by atoms with Crippen molar-refractivity contribution in [2.24, 2.45) is 0 Å². The van der Waals surface area contributed by atoms with Gasteiger partial charge in [0, 0.05) is 17.6 Å². The lowest BCUT2D eigenvalue weighted by atomic mass is 10.1. The molecule has 1 aliphatic heterocycles. The largest absolute Gasteiger partial charge is 0.408 e. The summed E-state index contributed by atoms with van der Waals surface area (Å²) in [7, 11) is -2.07. The van der Waals surface area contributed by atoms with E-state index >= 15 is 0 Å². The molecule has 0 saturated carbocycles. The number of rotatable bonds is 16. The van der Waals surface area contributed by atoms with E-state index < -0.39 is 35.3 Å². The maximum absolute atomic E-state index is 13.1. The summed E-state index contributed by atoms with van der Waals surface area (Å²) in [5.41, 5.74) is 1.41. The van der Waals surface area contributed by atoms with Gasteiger partial charge in [0.15, 0.2) is 31.5 Å². The van der Waals surface area contributed by atoms with Crippen LogP contribution in [0.15, 0.2) is 43.0 Å². The number of amides is 1. The van der Waals surface area contributed by atoms with Gasteiger partial charge < -0.3 is 28.8 Å². The highest BCUT2D eigenvalue weighted by Gasteiger charge is 2.53. The molecule has 0 radical (unpaired) electrons. The van der Waals surface area contributed by atoms with E-state index in [0.29, 0.717) is 35.5 Å². The summed E-state index contributed by atoms with van der Waals surface area (Å²) in [5, 5.41) is 15.4. The number of benzene rings is 1. The van der Waals surface area contributed by atoms with E-state index in [0.717, 1.165) is 0 Å². The molecule has 13 nitrogen and oxygen atoms in total.